The minimum absolute atomic E-state index is 0.0299. The molecule has 1 amide bonds. The van der Waals surface area contributed by atoms with E-state index in [1.54, 1.807) is 0 Å². The highest BCUT2D eigenvalue weighted by Gasteiger charge is 2.54. The topological polar surface area (TPSA) is 42.0 Å². The molecule has 0 unspecified atom stereocenters. The first kappa shape index (κ1) is 20.0. The van der Waals surface area contributed by atoms with Crippen molar-refractivity contribution in [3.05, 3.63) is 28.2 Å². The van der Waals surface area contributed by atoms with Crippen molar-refractivity contribution in [3.63, 3.8) is 0 Å². The van der Waals surface area contributed by atoms with Crippen LogP contribution < -0.4 is 4.74 Å². The van der Waals surface area contributed by atoms with Gasteiger partial charge in [0.2, 0.25) is 0 Å². The third-order valence-electron chi connectivity index (χ3n) is 5.69. The van der Waals surface area contributed by atoms with Gasteiger partial charge in [-0.25, -0.2) is 4.79 Å². The molecular formula is C22H31BrN2O3. The minimum Gasteiger partial charge on any atom is -0.493 e. The molecule has 0 radical (unpaired) electrons. The third kappa shape index (κ3) is 5.01. The summed E-state index contributed by atoms with van der Waals surface area (Å²) in [6.07, 6.45) is 4.56. The van der Waals surface area contributed by atoms with Crippen LogP contribution >= 0.6 is 15.9 Å². The number of benzene rings is 1. The summed E-state index contributed by atoms with van der Waals surface area (Å²) in [5, 5.41) is 0. The van der Waals surface area contributed by atoms with Gasteiger partial charge in [0.15, 0.2) is 0 Å². The molecular weight excluding hydrogens is 420 g/mol. The van der Waals surface area contributed by atoms with Crippen molar-refractivity contribution < 1.29 is 14.3 Å². The second kappa shape index (κ2) is 7.52. The fraction of sp³-hybridized carbons (Fsp3) is 0.682. The molecule has 6 heteroatoms. The quantitative estimate of drug-likeness (QED) is 0.644. The van der Waals surface area contributed by atoms with Crippen LogP contribution in [0.4, 0.5) is 4.79 Å². The van der Waals surface area contributed by atoms with E-state index in [0.717, 1.165) is 61.8 Å². The van der Waals surface area contributed by atoms with Gasteiger partial charge < -0.3 is 9.47 Å². The van der Waals surface area contributed by atoms with Crippen LogP contribution in [0.15, 0.2) is 22.7 Å². The Kier molecular flexibility index (Phi) is 5.38. The van der Waals surface area contributed by atoms with Gasteiger partial charge in [-0.05, 0) is 76.1 Å². The van der Waals surface area contributed by atoms with Crippen LogP contribution in [-0.2, 0) is 11.3 Å². The highest BCUT2D eigenvalue weighted by molar-refractivity contribution is 9.10. The molecule has 2 saturated carbocycles. The van der Waals surface area contributed by atoms with Crippen LogP contribution in [0.2, 0.25) is 0 Å². The summed E-state index contributed by atoms with van der Waals surface area (Å²) >= 11 is 3.62. The second-order valence-corrected chi connectivity index (χ2v) is 10.5. The van der Waals surface area contributed by atoms with Crippen LogP contribution in [0.25, 0.3) is 0 Å². The highest BCUT2D eigenvalue weighted by atomic mass is 79.9. The van der Waals surface area contributed by atoms with Crippen molar-refractivity contribution in [3.8, 4) is 5.75 Å². The Bertz CT molecular complexity index is 738. The van der Waals surface area contributed by atoms with E-state index >= 15 is 0 Å². The molecule has 154 valence electrons. The summed E-state index contributed by atoms with van der Waals surface area (Å²) < 4.78 is 12.7. The van der Waals surface area contributed by atoms with Crippen molar-refractivity contribution in [2.45, 2.75) is 64.1 Å². The molecule has 0 atom stereocenters. The van der Waals surface area contributed by atoms with E-state index in [4.69, 9.17) is 9.47 Å². The number of nitrogens with zero attached hydrogens (tertiary/aromatic N) is 2. The summed E-state index contributed by atoms with van der Waals surface area (Å²) in [5.41, 5.74) is 0.775. The molecule has 0 aromatic heterocycles. The zero-order valence-electron chi connectivity index (χ0n) is 17.2. The van der Waals surface area contributed by atoms with Gasteiger partial charge in [-0.2, -0.15) is 0 Å². The van der Waals surface area contributed by atoms with E-state index in [2.05, 4.69) is 39.0 Å². The molecule has 2 aliphatic carbocycles. The fourth-order valence-electron chi connectivity index (χ4n) is 3.92. The van der Waals surface area contributed by atoms with Crippen LogP contribution in [0, 0.1) is 5.92 Å². The van der Waals surface area contributed by atoms with E-state index in [1.165, 1.54) is 18.4 Å². The average molecular weight is 451 g/mol. The first-order chi connectivity index (χ1) is 13.2. The predicted octanol–water partition coefficient (Wildman–Crippen LogP) is 4.82. The molecule has 0 bridgehead atoms. The molecule has 3 fully saturated rings. The van der Waals surface area contributed by atoms with Crippen LogP contribution in [0.3, 0.4) is 0 Å². The lowest BCUT2D eigenvalue weighted by molar-refractivity contribution is -0.00808. The number of piperazine rings is 1. The summed E-state index contributed by atoms with van der Waals surface area (Å²) in [6.45, 7) is 10.00. The predicted molar refractivity (Wildman–Crippen MR) is 113 cm³/mol. The van der Waals surface area contributed by atoms with Gasteiger partial charge in [-0.3, -0.25) is 9.80 Å². The molecule has 5 nitrogen and oxygen atoms in total. The van der Waals surface area contributed by atoms with E-state index in [1.807, 2.05) is 25.7 Å². The summed E-state index contributed by atoms with van der Waals surface area (Å²) in [5.74, 6) is 1.70. The zero-order chi connectivity index (χ0) is 19.9. The largest absolute Gasteiger partial charge is 0.493 e. The molecule has 0 N–H and O–H groups in total. The number of carbonyl (C=O) groups excluding carboxylic acids is 1. The van der Waals surface area contributed by atoms with Crippen molar-refractivity contribution in [1.29, 1.82) is 0 Å². The lowest BCUT2D eigenvalue weighted by atomic mass is 10.1. The number of halogens is 1. The second-order valence-electron chi connectivity index (χ2n) is 9.62. The Morgan fingerprint density at radius 1 is 1.21 bits per heavy atom. The van der Waals surface area contributed by atoms with Crippen molar-refractivity contribution in [1.82, 2.24) is 9.80 Å². The number of amides is 1. The summed E-state index contributed by atoms with van der Waals surface area (Å²) in [7, 11) is 0. The molecule has 1 aromatic carbocycles. The molecule has 1 aromatic rings. The Morgan fingerprint density at radius 2 is 1.96 bits per heavy atom. The maximum Gasteiger partial charge on any atom is 0.410 e. The van der Waals surface area contributed by atoms with Gasteiger partial charge in [0, 0.05) is 30.7 Å². The van der Waals surface area contributed by atoms with Crippen molar-refractivity contribution in [2.24, 2.45) is 5.92 Å². The van der Waals surface area contributed by atoms with Crippen LogP contribution in [-0.4, -0.2) is 53.3 Å². The van der Waals surface area contributed by atoms with Crippen LogP contribution in [0.1, 0.15) is 52.0 Å². The lowest BCUT2D eigenvalue weighted by Crippen LogP contribution is -2.57. The normalized spacial score (nSPS) is 21.6. The Labute approximate surface area is 176 Å². The number of hydrogen-bond acceptors (Lipinski definition) is 4. The molecule has 3 aliphatic rings. The first-order valence-electron chi connectivity index (χ1n) is 10.4. The Balaban J connectivity index is 1.37. The van der Waals surface area contributed by atoms with Gasteiger partial charge in [0.05, 0.1) is 12.1 Å². The van der Waals surface area contributed by atoms with E-state index in [-0.39, 0.29) is 11.6 Å². The first-order valence-corrected chi connectivity index (χ1v) is 11.2. The molecule has 1 aliphatic heterocycles. The minimum atomic E-state index is -0.447. The average Bonchev–Trinajstić information content (AvgIpc) is 3.49. The lowest BCUT2D eigenvalue weighted by Gasteiger charge is -2.42. The summed E-state index contributed by atoms with van der Waals surface area (Å²) in [6, 6.07) is 6.38. The monoisotopic (exact) mass is 450 g/mol. The standard InChI is InChI=1S/C22H31BrN2O3/c1-21(2,3)28-20(26)25-9-8-24(15-22(25)6-7-22)13-17-10-18(23)12-19(11-17)27-14-16-4-5-16/h10-12,16H,4-9,13-15H2,1-3H3. The number of carbonyl (C=O) groups is 1. The SMILES string of the molecule is CC(C)(C)OC(=O)N1CCN(Cc2cc(Br)cc(OCC3CC3)c2)CC12CC2. The fourth-order valence-corrected chi connectivity index (χ4v) is 4.44. The highest BCUT2D eigenvalue weighted by Crippen LogP contribution is 2.45. The van der Waals surface area contributed by atoms with E-state index in [9.17, 15) is 4.79 Å². The third-order valence-corrected chi connectivity index (χ3v) is 6.15. The number of rotatable bonds is 5. The number of ether oxygens (including phenoxy) is 2. The maximum atomic E-state index is 12.6. The van der Waals surface area contributed by atoms with Crippen molar-refractivity contribution in [2.75, 3.05) is 26.2 Å². The van der Waals surface area contributed by atoms with Gasteiger partial charge in [0.1, 0.15) is 11.4 Å². The van der Waals surface area contributed by atoms with Gasteiger partial charge in [-0.15, -0.1) is 0 Å². The molecule has 1 spiro atoms. The number of hydrogen-bond donors (Lipinski definition) is 0. The van der Waals surface area contributed by atoms with Gasteiger partial charge >= 0.3 is 6.09 Å². The Hall–Kier alpha value is -1.27. The van der Waals surface area contributed by atoms with E-state index < -0.39 is 5.60 Å². The summed E-state index contributed by atoms with van der Waals surface area (Å²) in [4.78, 5) is 17.0. The van der Waals surface area contributed by atoms with Crippen molar-refractivity contribution >= 4 is 22.0 Å². The molecule has 1 saturated heterocycles. The molecule has 28 heavy (non-hydrogen) atoms. The van der Waals surface area contributed by atoms with Gasteiger partial charge in [0.25, 0.3) is 0 Å². The molecule has 1 heterocycles. The smallest absolute Gasteiger partial charge is 0.410 e. The van der Waals surface area contributed by atoms with E-state index in [0.29, 0.717) is 0 Å². The van der Waals surface area contributed by atoms with Crippen LogP contribution in [0.5, 0.6) is 5.75 Å². The Morgan fingerprint density at radius 3 is 2.61 bits per heavy atom. The maximum absolute atomic E-state index is 12.6. The zero-order valence-corrected chi connectivity index (χ0v) is 18.8. The van der Waals surface area contributed by atoms with Gasteiger partial charge in [-0.1, -0.05) is 15.9 Å². The molecule has 4 rings (SSSR count).